The molecule has 136 valence electrons. The third-order valence-corrected chi connectivity index (χ3v) is 5.42. The lowest BCUT2D eigenvalue weighted by molar-refractivity contribution is 0.0123. The van der Waals surface area contributed by atoms with Crippen LogP contribution in [-0.4, -0.2) is 47.6 Å². The Labute approximate surface area is 157 Å². The topological polar surface area (TPSA) is 49.9 Å². The zero-order valence-electron chi connectivity index (χ0n) is 15.2. The number of ketones is 1. The van der Waals surface area contributed by atoms with Gasteiger partial charge in [-0.05, 0) is 74.7 Å². The summed E-state index contributed by atoms with van der Waals surface area (Å²) in [5.74, 6) is 0.0575. The van der Waals surface area contributed by atoms with Gasteiger partial charge in [-0.25, -0.2) is 4.79 Å². The Kier molecular flexibility index (Phi) is 4.84. The van der Waals surface area contributed by atoms with Crippen molar-refractivity contribution in [1.82, 2.24) is 4.90 Å². The van der Waals surface area contributed by atoms with Crippen LogP contribution in [0.5, 0.6) is 0 Å². The minimum absolute atomic E-state index is 0.0575. The maximum absolute atomic E-state index is 12.5. The number of Topliss-reactive ketones (excluding diaryl/α,β-unsaturated/α-hetero) is 1. The van der Waals surface area contributed by atoms with Gasteiger partial charge in [0.05, 0.1) is 17.8 Å². The largest absolute Gasteiger partial charge is 0.444 e. The monoisotopic (exact) mass is 408 g/mol. The molecular weight excluding hydrogens is 384 g/mol. The van der Waals surface area contributed by atoms with Crippen molar-refractivity contribution < 1.29 is 14.3 Å². The predicted octanol–water partition coefficient (Wildman–Crippen LogP) is 4.24. The minimum Gasteiger partial charge on any atom is -0.444 e. The maximum Gasteiger partial charge on any atom is 0.410 e. The number of rotatable bonds is 2. The quantitative estimate of drug-likeness (QED) is 0.686. The van der Waals surface area contributed by atoms with E-state index in [0.717, 1.165) is 36.1 Å². The van der Waals surface area contributed by atoms with Crippen molar-refractivity contribution in [2.45, 2.75) is 58.2 Å². The maximum atomic E-state index is 12.5. The number of hydrogen-bond donors (Lipinski definition) is 0. The number of carbonyl (C=O) groups excluding carboxylic acids is 2. The van der Waals surface area contributed by atoms with Gasteiger partial charge < -0.3 is 9.64 Å². The van der Waals surface area contributed by atoms with Crippen molar-refractivity contribution in [3.63, 3.8) is 0 Å². The van der Waals surface area contributed by atoms with Crippen molar-refractivity contribution in [2.75, 3.05) is 18.0 Å². The second-order valence-corrected chi connectivity index (χ2v) is 8.75. The highest BCUT2D eigenvalue weighted by Crippen LogP contribution is 2.36. The summed E-state index contributed by atoms with van der Waals surface area (Å²) in [5.41, 5.74) is 1.30. The summed E-state index contributed by atoms with van der Waals surface area (Å²) < 4.78 is 6.51. The molecule has 2 fully saturated rings. The molecule has 0 radical (unpaired) electrons. The number of hydrogen-bond acceptors (Lipinski definition) is 4. The van der Waals surface area contributed by atoms with Gasteiger partial charge in [-0.15, -0.1) is 0 Å². The van der Waals surface area contributed by atoms with Crippen LogP contribution in [0.1, 0.15) is 50.9 Å². The summed E-state index contributed by atoms with van der Waals surface area (Å²) in [4.78, 5) is 28.3. The highest BCUT2D eigenvalue weighted by Gasteiger charge is 2.44. The van der Waals surface area contributed by atoms with E-state index in [0.29, 0.717) is 5.56 Å². The van der Waals surface area contributed by atoms with Crippen LogP contribution in [0.15, 0.2) is 22.7 Å². The van der Waals surface area contributed by atoms with E-state index >= 15 is 0 Å². The molecule has 1 aromatic carbocycles. The van der Waals surface area contributed by atoms with Crippen LogP contribution in [-0.2, 0) is 4.74 Å². The van der Waals surface area contributed by atoms with Gasteiger partial charge in [0, 0.05) is 23.1 Å². The molecule has 0 saturated carbocycles. The second-order valence-electron chi connectivity index (χ2n) is 7.90. The summed E-state index contributed by atoms with van der Waals surface area (Å²) in [7, 11) is 0. The molecular formula is C19H25BrN2O3. The normalized spacial score (nSPS) is 22.9. The molecule has 2 aliphatic rings. The molecule has 0 spiro atoms. The predicted molar refractivity (Wildman–Crippen MR) is 101 cm³/mol. The minimum atomic E-state index is -0.473. The fourth-order valence-electron chi connectivity index (χ4n) is 3.69. The molecule has 0 N–H and O–H groups in total. The van der Waals surface area contributed by atoms with E-state index in [-0.39, 0.29) is 24.0 Å². The molecule has 2 saturated heterocycles. The van der Waals surface area contributed by atoms with Crippen LogP contribution in [0, 0.1) is 0 Å². The Morgan fingerprint density at radius 1 is 1.16 bits per heavy atom. The first kappa shape index (κ1) is 18.2. The van der Waals surface area contributed by atoms with Crippen molar-refractivity contribution in [3.05, 3.63) is 28.2 Å². The molecule has 1 aromatic rings. The zero-order chi connectivity index (χ0) is 18.4. The number of amides is 1. The Bertz CT molecular complexity index is 684. The number of benzene rings is 1. The molecule has 2 atom stereocenters. The number of ether oxygens (including phenoxy) is 1. The fraction of sp³-hybridized carbons (Fsp3) is 0.579. The van der Waals surface area contributed by atoms with E-state index in [1.165, 1.54) is 0 Å². The number of carbonyl (C=O) groups is 2. The number of piperazine rings is 1. The first-order valence-electron chi connectivity index (χ1n) is 8.72. The Hall–Kier alpha value is -1.56. The molecule has 0 aromatic heterocycles. The molecule has 2 heterocycles. The number of nitrogens with zero attached hydrogens (tertiary/aromatic N) is 2. The van der Waals surface area contributed by atoms with Gasteiger partial charge in [-0.2, -0.15) is 0 Å². The van der Waals surface area contributed by atoms with Gasteiger partial charge in [0.2, 0.25) is 0 Å². The second kappa shape index (κ2) is 6.63. The molecule has 0 aliphatic carbocycles. The van der Waals surface area contributed by atoms with E-state index in [1.807, 2.05) is 43.9 Å². The van der Waals surface area contributed by atoms with Gasteiger partial charge in [0.15, 0.2) is 5.78 Å². The lowest BCUT2D eigenvalue weighted by Gasteiger charge is -2.42. The van der Waals surface area contributed by atoms with Crippen LogP contribution >= 0.6 is 15.9 Å². The molecule has 25 heavy (non-hydrogen) atoms. The zero-order valence-corrected chi connectivity index (χ0v) is 16.8. The summed E-state index contributed by atoms with van der Waals surface area (Å²) in [5, 5.41) is 0. The third kappa shape index (κ3) is 3.84. The summed E-state index contributed by atoms with van der Waals surface area (Å²) >= 11 is 3.60. The van der Waals surface area contributed by atoms with Crippen LogP contribution in [0.3, 0.4) is 0 Å². The van der Waals surface area contributed by atoms with Gasteiger partial charge >= 0.3 is 6.09 Å². The first-order chi connectivity index (χ1) is 11.7. The van der Waals surface area contributed by atoms with Gasteiger partial charge in [-0.1, -0.05) is 0 Å². The summed E-state index contributed by atoms with van der Waals surface area (Å²) in [6.07, 6.45) is 1.80. The van der Waals surface area contributed by atoms with E-state index in [2.05, 4.69) is 20.8 Å². The average Bonchev–Trinajstić information content (AvgIpc) is 2.76. The highest BCUT2D eigenvalue weighted by molar-refractivity contribution is 9.10. The molecule has 6 heteroatoms. The van der Waals surface area contributed by atoms with E-state index in [4.69, 9.17) is 4.74 Å². The molecule has 3 rings (SSSR count). The number of fused-ring (bicyclic) bond motifs is 2. The molecule has 2 aliphatic heterocycles. The van der Waals surface area contributed by atoms with Crippen LogP contribution in [0.2, 0.25) is 0 Å². The van der Waals surface area contributed by atoms with Gasteiger partial charge in [0.1, 0.15) is 5.60 Å². The first-order valence-corrected chi connectivity index (χ1v) is 9.52. The van der Waals surface area contributed by atoms with Gasteiger partial charge in [0.25, 0.3) is 0 Å². The van der Waals surface area contributed by atoms with E-state index < -0.39 is 5.60 Å². The van der Waals surface area contributed by atoms with Crippen molar-refractivity contribution >= 4 is 33.5 Å². The van der Waals surface area contributed by atoms with Crippen LogP contribution in [0.25, 0.3) is 0 Å². The highest BCUT2D eigenvalue weighted by atomic mass is 79.9. The fourth-order valence-corrected chi connectivity index (χ4v) is 4.32. The molecule has 2 bridgehead atoms. The summed E-state index contributed by atoms with van der Waals surface area (Å²) in [6.45, 7) is 8.84. The van der Waals surface area contributed by atoms with E-state index in [9.17, 15) is 9.59 Å². The molecule has 5 nitrogen and oxygen atoms in total. The standard InChI is InChI=1S/C19H25BrN2O3/c1-12(23)13-5-8-17(16(20)9-13)21-10-14-6-7-15(11-21)22(14)18(24)25-19(2,3)4/h5,8-9,14-15H,6-7,10-11H2,1-4H3. The Morgan fingerprint density at radius 3 is 2.24 bits per heavy atom. The number of halogens is 1. The average molecular weight is 409 g/mol. The van der Waals surface area contributed by atoms with Crippen LogP contribution in [0.4, 0.5) is 10.5 Å². The molecule has 1 amide bonds. The van der Waals surface area contributed by atoms with Crippen molar-refractivity contribution in [2.24, 2.45) is 0 Å². The SMILES string of the molecule is CC(=O)c1ccc(N2CC3CCC(C2)N3C(=O)OC(C)(C)C)c(Br)c1. The molecule has 2 unspecified atom stereocenters. The van der Waals surface area contributed by atoms with E-state index in [1.54, 1.807) is 6.92 Å². The third-order valence-electron chi connectivity index (χ3n) is 4.78. The number of anilines is 1. The van der Waals surface area contributed by atoms with Crippen molar-refractivity contribution in [3.8, 4) is 0 Å². The summed E-state index contributed by atoms with van der Waals surface area (Å²) in [6, 6.07) is 6.08. The smallest absolute Gasteiger partial charge is 0.410 e. The van der Waals surface area contributed by atoms with Crippen LogP contribution < -0.4 is 4.90 Å². The lowest BCUT2D eigenvalue weighted by atomic mass is 10.1. The van der Waals surface area contributed by atoms with Gasteiger partial charge in [-0.3, -0.25) is 9.69 Å². The Morgan fingerprint density at radius 2 is 1.76 bits per heavy atom. The lowest BCUT2D eigenvalue weighted by Crippen LogP contribution is -2.56. The van der Waals surface area contributed by atoms with Crippen molar-refractivity contribution in [1.29, 1.82) is 0 Å². The Balaban J connectivity index is 1.76.